The smallest absolute Gasteiger partial charge is 0.261 e. The molecule has 1 saturated carbocycles. The number of nitrogens with one attached hydrogen (secondary N) is 2. The zero-order chi connectivity index (χ0) is 20.3. The Kier molecular flexibility index (Phi) is 4.54. The average molecular weight is 450 g/mol. The number of rotatable bonds is 4. The zero-order valence-electron chi connectivity index (χ0n) is 15.3. The van der Waals surface area contributed by atoms with Gasteiger partial charge in [-0.2, -0.15) is 0 Å². The summed E-state index contributed by atoms with van der Waals surface area (Å²) in [5.74, 6) is 1.54. The van der Waals surface area contributed by atoms with Crippen LogP contribution in [-0.4, -0.2) is 42.1 Å². The van der Waals surface area contributed by atoms with Crippen LogP contribution in [0.5, 0.6) is 5.75 Å². The van der Waals surface area contributed by atoms with Crippen molar-refractivity contribution in [3.8, 4) is 17.0 Å². The molecule has 0 radical (unpaired) electrons. The lowest BCUT2D eigenvalue weighted by Crippen LogP contribution is -2.32. The molecule has 7 nitrogen and oxygen atoms in total. The maximum absolute atomic E-state index is 12.8. The molecule has 2 unspecified atom stereocenters. The fraction of sp³-hybridized carbons (Fsp3) is 0.316. The Morgan fingerprint density at radius 2 is 2.03 bits per heavy atom. The highest BCUT2D eigenvalue weighted by molar-refractivity contribution is 7.20. The highest BCUT2D eigenvalue weighted by atomic mass is 35.5. The first kappa shape index (κ1) is 18.9. The first-order valence-electron chi connectivity index (χ1n) is 9.08. The van der Waals surface area contributed by atoms with Gasteiger partial charge in [0.05, 0.1) is 28.3 Å². The topological polar surface area (TPSA) is 102 Å². The minimum atomic E-state index is -0.105. The van der Waals surface area contributed by atoms with Crippen molar-refractivity contribution >= 4 is 56.6 Å². The van der Waals surface area contributed by atoms with Gasteiger partial charge >= 0.3 is 0 Å². The van der Waals surface area contributed by atoms with Gasteiger partial charge in [-0.3, -0.25) is 4.79 Å². The van der Waals surface area contributed by atoms with Crippen molar-refractivity contribution < 1.29 is 9.53 Å². The molecule has 2 atom stereocenters. The maximum Gasteiger partial charge on any atom is 0.261 e. The van der Waals surface area contributed by atoms with Crippen molar-refractivity contribution in [1.82, 2.24) is 20.6 Å². The molecule has 29 heavy (non-hydrogen) atoms. The quantitative estimate of drug-likeness (QED) is 0.564. The van der Waals surface area contributed by atoms with Gasteiger partial charge in [-0.05, 0) is 30.0 Å². The van der Waals surface area contributed by atoms with Crippen molar-refractivity contribution in [1.29, 1.82) is 0 Å². The van der Waals surface area contributed by atoms with E-state index in [2.05, 4.69) is 20.6 Å². The van der Waals surface area contributed by atoms with Crippen LogP contribution in [0, 0.1) is 11.8 Å². The van der Waals surface area contributed by atoms with Gasteiger partial charge in [0, 0.05) is 29.5 Å². The van der Waals surface area contributed by atoms with E-state index in [-0.39, 0.29) is 17.9 Å². The Morgan fingerprint density at radius 3 is 2.76 bits per heavy atom. The van der Waals surface area contributed by atoms with Crippen LogP contribution in [0.1, 0.15) is 9.67 Å². The van der Waals surface area contributed by atoms with Crippen LogP contribution in [0.25, 0.3) is 21.5 Å². The Hall–Kier alpha value is -2.13. The number of piperidine rings is 1. The van der Waals surface area contributed by atoms with E-state index in [1.807, 2.05) is 0 Å². The Morgan fingerprint density at radius 1 is 1.28 bits per heavy atom. The summed E-state index contributed by atoms with van der Waals surface area (Å²) in [5, 5.41) is 7.97. The number of benzene rings is 1. The van der Waals surface area contributed by atoms with Crippen molar-refractivity contribution in [3.63, 3.8) is 0 Å². The summed E-state index contributed by atoms with van der Waals surface area (Å²) >= 11 is 13.8. The molecule has 0 bridgehead atoms. The number of hydrogen-bond donors (Lipinski definition) is 3. The van der Waals surface area contributed by atoms with Gasteiger partial charge in [-0.1, -0.05) is 23.2 Å². The SMILES string of the molecule is COc1cc(Cl)cc(Cl)c1-c1nc(N)nc2sc(C(=O)NC3C4CNCC43)cc12. The van der Waals surface area contributed by atoms with Gasteiger partial charge < -0.3 is 21.1 Å². The Labute approximate surface area is 180 Å². The van der Waals surface area contributed by atoms with E-state index < -0.39 is 0 Å². The third-order valence-corrected chi connectivity index (χ3v) is 7.04. The summed E-state index contributed by atoms with van der Waals surface area (Å²) in [4.78, 5) is 22.7. The monoisotopic (exact) mass is 449 g/mol. The van der Waals surface area contributed by atoms with Crippen LogP contribution < -0.4 is 21.1 Å². The number of nitrogen functional groups attached to an aromatic ring is 1. The molecule has 150 valence electrons. The molecule has 2 fully saturated rings. The molecule has 5 rings (SSSR count). The van der Waals surface area contributed by atoms with Crippen LogP contribution in [0.4, 0.5) is 5.95 Å². The first-order valence-corrected chi connectivity index (χ1v) is 10.7. The molecule has 10 heteroatoms. The molecule has 1 aromatic carbocycles. The number of thiophene rings is 1. The Balaban J connectivity index is 1.56. The number of amides is 1. The molecular weight excluding hydrogens is 433 g/mol. The minimum Gasteiger partial charge on any atom is -0.496 e. The normalized spacial score (nSPS) is 22.5. The van der Waals surface area contributed by atoms with Crippen LogP contribution in [0.2, 0.25) is 10.0 Å². The highest BCUT2D eigenvalue weighted by Crippen LogP contribution is 2.44. The third-order valence-electron chi connectivity index (χ3n) is 5.50. The number of aromatic nitrogens is 2. The number of carbonyl (C=O) groups excluding carboxylic acids is 1. The molecule has 1 aliphatic carbocycles. The van der Waals surface area contributed by atoms with Gasteiger partial charge in [0.1, 0.15) is 10.6 Å². The number of anilines is 1. The standard InChI is InChI=1S/C19H17Cl2N5O2S/c1-28-12-3-7(20)2-11(21)14(12)16-8-4-13(29-18(8)26-19(22)25-16)17(27)24-15-9-5-23-6-10(9)15/h2-4,9-10,15,23H,5-6H2,1H3,(H,24,27)(H2,22,25,26). The predicted octanol–water partition coefficient (Wildman–Crippen LogP) is 3.20. The maximum atomic E-state index is 12.8. The number of hydrogen-bond acceptors (Lipinski definition) is 7. The molecule has 1 aliphatic heterocycles. The minimum absolute atomic E-state index is 0.0946. The van der Waals surface area contributed by atoms with Crippen molar-refractivity contribution in [3.05, 3.63) is 33.1 Å². The van der Waals surface area contributed by atoms with Gasteiger partial charge in [0.15, 0.2) is 0 Å². The summed E-state index contributed by atoms with van der Waals surface area (Å²) in [7, 11) is 1.53. The lowest BCUT2D eigenvalue weighted by atomic mass is 10.1. The van der Waals surface area contributed by atoms with Gasteiger partial charge in [-0.25, -0.2) is 9.97 Å². The van der Waals surface area contributed by atoms with Crippen molar-refractivity contribution in [2.45, 2.75) is 6.04 Å². The number of halogens is 2. The van der Waals surface area contributed by atoms with E-state index in [9.17, 15) is 4.79 Å². The van der Waals surface area contributed by atoms with Crippen molar-refractivity contribution in [2.24, 2.45) is 11.8 Å². The second kappa shape index (κ2) is 6.98. The van der Waals surface area contributed by atoms with Crippen molar-refractivity contribution in [2.75, 3.05) is 25.9 Å². The van der Waals surface area contributed by atoms with Crippen LogP contribution in [-0.2, 0) is 0 Å². The van der Waals surface area contributed by atoms with Crippen LogP contribution >= 0.6 is 34.5 Å². The lowest BCUT2D eigenvalue weighted by molar-refractivity contribution is 0.0950. The molecule has 0 spiro atoms. The number of methoxy groups -OCH3 is 1. The molecule has 2 aliphatic rings. The van der Waals surface area contributed by atoms with E-state index in [0.29, 0.717) is 54.0 Å². The molecule has 1 amide bonds. The van der Waals surface area contributed by atoms with E-state index in [1.165, 1.54) is 18.4 Å². The van der Waals surface area contributed by atoms with E-state index >= 15 is 0 Å². The number of nitrogens with two attached hydrogens (primary N) is 1. The fourth-order valence-corrected chi connectivity index (χ4v) is 5.54. The highest BCUT2D eigenvalue weighted by Gasteiger charge is 2.53. The van der Waals surface area contributed by atoms with E-state index in [0.717, 1.165) is 13.1 Å². The molecule has 3 aromatic rings. The molecule has 1 saturated heterocycles. The molecular formula is C19H17Cl2N5O2S. The summed E-state index contributed by atoms with van der Waals surface area (Å²) in [6.07, 6.45) is 0. The number of fused-ring (bicyclic) bond motifs is 2. The van der Waals surface area contributed by atoms with Gasteiger partial charge in [0.2, 0.25) is 5.95 Å². The summed E-state index contributed by atoms with van der Waals surface area (Å²) in [5.41, 5.74) is 7.01. The van der Waals surface area contributed by atoms with E-state index in [1.54, 1.807) is 18.2 Å². The Bertz CT molecular complexity index is 1140. The van der Waals surface area contributed by atoms with Crippen LogP contribution in [0.3, 0.4) is 0 Å². The average Bonchev–Trinajstić information content (AvgIpc) is 3.06. The lowest BCUT2D eigenvalue weighted by Gasteiger charge is -2.12. The second-order valence-corrected chi connectivity index (χ2v) is 9.08. The van der Waals surface area contributed by atoms with Gasteiger partial charge in [-0.15, -0.1) is 11.3 Å². The zero-order valence-corrected chi connectivity index (χ0v) is 17.7. The summed E-state index contributed by atoms with van der Waals surface area (Å²) in [6, 6.07) is 5.30. The fourth-order valence-electron chi connectivity index (χ4n) is 4.04. The first-order chi connectivity index (χ1) is 14.0. The third kappa shape index (κ3) is 3.20. The molecule has 4 N–H and O–H groups in total. The van der Waals surface area contributed by atoms with E-state index in [4.69, 9.17) is 33.7 Å². The predicted molar refractivity (Wildman–Crippen MR) is 115 cm³/mol. The number of nitrogens with zero attached hydrogens (tertiary/aromatic N) is 2. The second-order valence-electron chi connectivity index (χ2n) is 7.21. The largest absolute Gasteiger partial charge is 0.496 e. The summed E-state index contributed by atoms with van der Waals surface area (Å²) in [6.45, 7) is 1.92. The molecule has 2 aromatic heterocycles. The number of ether oxygens (including phenoxy) is 1. The summed E-state index contributed by atoms with van der Waals surface area (Å²) < 4.78 is 5.46. The van der Waals surface area contributed by atoms with Crippen LogP contribution in [0.15, 0.2) is 18.2 Å². The molecule has 3 heterocycles. The van der Waals surface area contributed by atoms with Gasteiger partial charge in [0.25, 0.3) is 5.91 Å². The number of carbonyl (C=O) groups is 1.